The molecule has 0 aliphatic carbocycles. The van der Waals surface area contributed by atoms with E-state index in [9.17, 15) is 9.18 Å². The molecule has 0 atom stereocenters. The van der Waals surface area contributed by atoms with Crippen molar-refractivity contribution >= 4 is 5.91 Å². The Bertz CT molecular complexity index is 589. The average Bonchev–Trinajstić information content (AvgIpc) is 2.72. The maximum Gasteiger partial charge on any atom is 0.257 e. The second-order valence-corrected chi connectivity index (χ2v) is 4.55. The Kier molecular flexibility index (Phi) is 3.64. The van der Waals surface area contributed by atoms with E-state index in [0.717, 1.165) is 11.3 Å². The molecule has 1 amide bonds. The van der Waals surface area contributed by atoms with Gasteiger partial charge in [-0.15, -0.1) is 0 Å². The number of rotatable bonds is 3. The maximum atomic E-state index is 12.8. The standard InChI is InChI=1S/C14H16FN3O/c1-10-13(8-16-18(10)3)14(19)17(2)9-11-4-6-12(15)7-5-11/h4-8H,9H2,1-3H3. The van der Waals surface area contributed by atoms with Crippen molar-refractivity contribution in [2.75, 3.05) is 7.05 Å². The number of hydrogen-bond donors (Lipinski definition) is 0. The highest BCUT2D eigenvalue weighted by atomic mass is 19.1. The van der Waals surface area contributed by atoms with Crippen molar-refractivity contribution in [1.82, 2.24) is 14.7 Å². The van der Waals surface area contributed by atoms with E-state index in [2.05, 4.69) is 5.10 Å². The van der Waals surface area contributed by atoms with Gasteiger partial charge < -0.3 is 4.90 Å². The molecule has 0 aliphatic heterocycles. The molecule has 0 saturated heterocycles. The topological polar surface area (TPSA) is 38.1 Å². The first-order valence-electron chi connectivity index (χ1n) is 5.97. The van der Waals surface area contributed by atoms with Crippen LogP contribution >= 0.6 is 0 Å². The highest BCUT2D eigenvalue weighted by Gasteiger charge is 2.17. The minimum absolute atomic E-state index is 0.0880. The molecule has 0 N–H and O–H groups in total. The van der Waals surface area contributed by atoms with Crippen molar-refractivity contribution < 1.29 is 9.18 Å². The van der Waals surface area contributed by atoms with Crippen molar-refractivity contribution in [3.8, 4) is 0 Å². The highest BCUT2D eigenvalue weighted by Crippen LogP contribution is 2.12. The number of carbonyl (C=O) groups excluding carboxylic acids is 1. The molecular weight excluding hydrogens is 245 g/mol. The van der Waals surface area contributed by atoms with E-state index < -0.39 is 0 Å². The number of hydrogen-bond acceptors (Lipinski definition) is 2. The summed E-state index contributed by atoms with van der Waals surface area (Å²) in [7, 11) is 3.52. The van der Waals surface area contributed by atoms with E-state index in [0.29, 0.717) is 12.1 Å². The van der Waals surface area contributed by atoms with Gasteiger partial charge in [0.15, 0.2) is 0 Å². The van der Waals surface area contributed by atoms with Gasteiger partial charge in [0.25, 0.3) is 5.91 Å². The first-order chi connectivity index (χ1) is 8.99. The minimum Gasteiger partial charge on any atom is -0.337 e. The smallest absolute Gasteiger partial charge is 0.257 e. The molecule has 2 aromatic rings. The predicted octanol–water partition coefficient (Wildman–Crippen LogP) is 2.14. The summed E-state index contributed by atoms with van der Waals surface area (Å²) in [5.74, 6) is -0.365. The molecule has 0 bridgehead atoms. The normalized spacial score (nSPS) is 10.5. The van der Waals surface area contributed by atoms with Crippen molar-refractivity contribution in [3.05, 3.63) is 53.1 Å². The van der Waals surface area contributed by atoms with Gasteiger partial charge >= 0.3 is 0 Å². The molecule has 1 aromatic carbocycles. The fourth-order valence-corrected chi connectivity index (χ4v) is 1.85. The summed E-state index contributed by atoms with van der Waals surface area (Å²) in [5, 5.41) is 4.06. The van der Waals surface area contributed by atoms with Crippen LogP contribution in [0.25, 0.3) is 0 Å². The quantitative estimate of drug-likeness (QED) is 0.849. The van der Waals surface area contributed by atoms with Crippen LogP contribution in [0.15, 0.2) is 30.5 Å². The molecule has 19 heavy (non-hydrogen) atoms. The molecule has 0 fully saturated rings. The molecule has 2 rings (SSSR count). The van der Waals surface area contributed by atoms with Crippen molar-refractivity contribution in [2.24, 2.45) is 7.05 Å². The SMILES string of the molecule is Cc1c(C(=O)N(C)Cc2ccc(F)cc2)cnn1C. The first-order valence-corrected chi connectivity index (χ1v) is 5.97. The van der Waals surface area contributed by atoms with Crippen LogP contribution in [-0.4, -0.2) is 27.6 Å². The Morgan fingerprint density at radius 2 is 2.00 bits per heavy atom. The van der Waals surface area contributed by atoms with E-state index >= 15 is 0 Å². The summed E-state index contributed by atoms with van der Waals surface area (Å²) in [4.78, 5) is 13.8. The van der Waals surface area contributed by atoms with E-state index in [1.54, 1.807) is 42.0 Å². The molecule has 0 saturated carbocycles. The largest absolute Gasteiger partial charge is 0.337 e. The van der Waals surface area contributed by atoms with Crippen LogP contribution in [-0.2, 0) is 13.6 Å². The fourth-order valence-electron chi connectivity index (χ4n) is 1.85. The van der Waals surface area contributed by atoms with Gasteiger partial charge in [-0.1, -0.05) is 12.1 Å². The lowest BCUT2D eigenvalue weighted by Gasteiger charge is -2.17. The predicted molar refractivity (Wildman–Crippen MR) is 70.1 cm³/mol. The number of amides is 1. The lowest BCUT2D eigenvalue weighted by Crippen LogP contribution is -2.26. The summed E-state index contributed by atoms with van der Waals surface area (Å²) in [5.41, 5.74) is 2.31. The Morgan fingerprint density at radius 3 is 2.53 bits per heavy atom. The number of nitrogens with zero attached hydrogens (tertiary/aromatic N) is 3. The summed E-state index contributed by atoms with van der Waals surface area (Å²) >= 11 is 0. The lowest BCUT2D eigenvalue weighted by atomic mass is 10.2. The molecule has 100 valence electrons. The van der Waals surface area contributed by atoms with Crippen LogP contribution in [0.3, 0.4) is 0 Å². The Hall–Kier alpha value is -2.17. The van der Waals surface area contributed by atoms with Crippen LogP contribution in [0, 0.1) is 12.7 Å². The first kappa shape index (κ1) is 13.3. The number of aromatic nitrogens is 2. The number of halogens is 1. The molecule has 1 aromatic heterocycles. The zero-order valence-corrected chi connectivity index (χ0v) is 11.2. The van der Waals surface area contributed by atoms with Crippen molar-refractivity contribution in [3.63, 3.8) is 0 Å². The Balaban J connectivity index is 2.11. The van der Waals surface area contributed by atoms with E-state index in [4.69, 9.17) is 0 Å². The molecule has 0 spiro atoms. The molecule has 1 heterocycles. The monoisotopic (exact) mass is 261 g/mol. The van der Waals surface area contributed by atoms with Gasteiger partial charge in [0.1, 0.15) is 5.82 Å². The molecule has 0 radical (unpaired) electrons. The maximum absolute atomic E-state index is 12.8. The van der Waals surface area contributed by atoms with E-state index in [1.807, 2.05) is 6.92 Å². The van der Waals surface area contributed by atoms with Gasteiger partial charge in [-0.2, -0.15) is 5.10 Å². The third-order valence-corrected chi connectivity index (χ3v) is 3.15. The second kappa shape index (κ2) is 5.22. The molecule has 4 nitrogen and oxygen atoms in total. The number of aryl methyl sites for hydroxylation is 1. The zero-order valence-electron chi connectivity index (χ0n) is 11.2. The third kappa shape index (κ3) is 2.81. The van der Waals surface area contributed by atoms with Gasteiger partial charge in [-0.3, -0.25) is 9.48 Å². The summed E-state index contributed by atoms with van der Waals surface area (Å²) in [6.07, 6.45) is 1.57. The molecular formula is C14H16FN3O. The van der Waals surface area contributed by atoms with Gasteiger partial charge in [0.2, 0.25) is 0 Å². The summed E-state index contributed by atoms with van der Waals surface area (Å²) in [6.45, 7) is 2.29. The zero-order chi connectivity index (χ0) is 14.0. The van der Waals surface area contributed by atoms with E-state index in [-0.39, 0.29) is 11.7 Å². The van der Waals surface area contributed by atoms with Gasteiger partial charge in [-0.05, 0) is 24.6 Å². The van der Waals surface area contributed by atoms with E-state index in [1.165, 1.54) is 12.1 Å². The third-order valence-electron chi connectivity index (χ3n) is 3.15. The van der Waals surface area contributed by atoms with Crippen molar-refractivity contribution in [1.29, 1.82) is 0 Å². The second-order valence-electron chi connectivity index (χ2n) is 4.55. The molecule has 0 aliphatic rings. The van der Waals surface area contributed by atoms with Gasteiger partial charge in [0.05, 0.1) is 11.8 Å². The Morgan fingerprint density at radius 1 is 1.37 bits per heavy atom. The molecule has 0 unspecified atom stereocenters. The van der Waals surface area contributed by atoms with Crippen LogP contribution in [0.4, 0.5) is 4.39 Å². The van der Waals surface area contributed by atoms with Gasteiger partial charge in [0, 0.05) is 26.3 Å². The average molecular weight is 261 g/mol. The van der Waals surface area contributed by atoms with Gasteiger partial charge in [-0.25, -0.2) is 4.39 Å². The summed E-state index contributed by atoms with van der Waals surface area (Å²) < 4.78 is 14.5. The summed E-state index contributed by atoms with van der Waals surface area (Å²) in [6, 6.07) is 6.14. The number of carbonyl (C=O) groups is 1. The van der Waals surface area contributed by atoms with Crippen LogP contribution in [0.2, 0.25) is 0 Å². The minimum atomic E-state index is -0.277. The van der Waals surface area contributed by atoms with Crippen LogP contribution in [0.1, 0.15) is 21.6 Å². The number of benzene rings is 1. The molecule has 5 heteroatoms. The lowest BCUT2D eigenvalue weighted by molar-refractivity contribution is 0.0784. The van der Waals surface area contributed by atoms with Crippen molar-refractivity contribution in [2.45, 2.75) is 13.5 Å². The Labute approximate surface area is 111 Å². The fraction of sp³-hybridized carbons (Fsp3) is 0.286. The highest BCUT2D eigenvalue weighted by molar-refractivity contribution is 5.94. The van der Waals surface area contributed by atoms with Crippen LogP contribution < -0.4 is 0 Å². The van der Waals surface area contributed by atoms with Crippen LogP contribution in [0.5, 0.6) is 0 Å².